The van der Waals surface area contributed by atoms with Crippen LogP contribution in [0.1, 0.15) is 42.4 Å². The van der Waals surface area contributed by atoms with E-state index in [0.717, 1.165) is 19.3 Å². The fourth-order valence-corrected chi connectivity index (χ4v) is 3.02. The van der Waals surface area contributed by atoms with E-state index >= 15 is 0 Å². The SMILES string of the molecule is C#CC(CCC)c1ccc2c(c1)Cc1ccccc1-2. The van der Waals surface area contributed by atoms with Gasteiger partial charge in [-0.15, -0.1) is 6.42 Å². The Kier molecular flexibility index (Phi) is 3.13. The summed E-state index contributed by atoms with van der Waals surface area (Å²) in [5, 5.41) is 0. The summed E-state index contributed by atoms with van der Waals surface area (Å²) in [5.41, 5.74) is 6.93. The standard InChI is InChI=1S/C19H18/c1-3-7-14(4-2)15-10-11-19-17(12-15)13-16-8-5-6-9-18(16)19/h2,5-6,8-12,14H,3,7,13H2,1H3. The summed E-state index contributed by atoms with van der Waals surface area (Å²) in [4.78, 5) is 0. The van der Waals surface area contributed by atoms with Gasteiger partial charge in [0.15, 0.2) is 0 Å². The van der Waals surface area contributed by atoms with Crippen molar-refractivity contribution in [2.75, 3.05) is 0 Å². The van der Waals surface area contributed by atoms with Crippen LogP contribution in [0.2, 0.25) is 0 Å². The zero-order chi connectivity index (χ0) is 13.2. The molecule has 1 aliphatic carbocycles. The molecule has 0 spiro atoms. The maximum Gasteiger partial charge on any atom is 0.0449 e. The second kappa shape index (κ2) is 4.94. The molecule has 0 heteroatoms. The van der Waals surface area contributed by atoms with Gasteiger partial charge in [-0.05, 0) is 40.7 Å². The number of fused-ring (bicyclic) bond motifs is 3. The first-order valence-corrected chi connectivity index (χ1v) is 7.00. The highest BCUT2D eigenvalue weighted by Gasteiger charge is 2.19. The molecule has 2 aromatic rings. The molecule has 0 amide bonds. The van der Waals surface area contributed by atoms with Gasteiger partial charge in [-0.25, -0.2) is 0 Å². The Morgan fingerprint density at radius 3 is 2.68 bits per heavy atom. The molecule has 0 nitrogen and oxygen atoms in total. The predicted octanol–water partition coefficient (Wildman–Crippen LogP) is 4.77. The van der Waals surface area contributed by atoms with Crippen LogP contribution in [0.25, 0.3) is 11.1 Å². The van der Waals surface area contributed by atoms with Crippen molar-refractivity contribution in [3.63, 3.8) is 0 Å². The molecule has 0 fully saturated rings. The minimum absolute atomic E-state index is 0.263. The minimum Gasteiger partial charge on any atom is -0.119 e. The van der Waals surface area contributed by atoms with E-state index in [1.54, 1.807) is 0 Å². The van der Waals surface area contributed by atoms with E-state index in [1.807, 2.05) is 0 Å². The highest BCUT2D eigenvalue weighted by Crippen LogP contribution is 2.38. The van der Waals surface area contributed by atoms with Gasteiger partial charge in [0, 0.05) is 5.92 Å². The average molecular weight is 246 g/mol. The van der Waals surface area contributed by atoms with Crippen LogP contribution < -0.4 is 0 Å². The maximum atomic E-state index is 5.67. The van der Waals surface area contributed by atoms with Gasteiger partial charge in [0.1, 0.15) is 0 Å². The molecule has 94 valence electrons. The molecule has 1 aliphatic rings. The van der Waals surface area contributed by atoms with Crippen LogP contribution in [-0.4, -0.2) is 0 Å². The number of benzene rings is 2. The Morgan fingerprint density at radius 2 is 1.89 bits per heavy atom. The van der Waals surface area contributed by atoms with Crippen LogP contribution in [0.3, 0.4) is 0 Å². The number of terminal acetylenes is 1. The molecule has 0 aliphatic heterocycles. The molecule has 0 radical (unpaired) electrons. The number of rotatable bonds is 3. The molecule has 3 rings (SSSR count). The van der Waals surface area contributed by atoms with Gasteiger partial charge in [0.05, 0.1) is 0 Å². The van der Waals surface area contributed by atoms with E-state index in [1.165, 1.54) is 27.8 Å². The highest BCUT2D eigenvalue weighted by atomic mass is 14.2. The molecular weight excluding hydrogens is 228 g/mol. The lowest BCUT2D eigenvalue weighted by Crippen LogP contribution is -1.96. The highest BCUT2D eigenvalue weighted by molar-refractivity contribution is 5.77. The van der Waals surface area contributed by atoms with Crippen molar-refractivity contribution in [3.8, 4) is 23.5 Å². The lowest BCUT2D eigenvalue weighted by Gasteiger charge is -2.11. The minimum atomic E-state index is 0.263. The van der Waals surface area contributed by atoms with Crippen LogP contribution in [0.15, 0.2) is 42.5 Å². The number of hydrogen-bond acceptors (Lipinski definition) is 0. The van der Waals surface area contributed by atoms with Crippen LogP contribution >= 0.6 is 0 Å². The first kappa shape index (κ1) is 12.1. The maximum absolute atomic E-state index is 5.67. The average Bonchev–Trinajstić information content (AvgIpc) is 2.82. The monoisotopic (exact) mass is 246 g/mol. The molecule has 0 saturated heterocycles. The fourth-order valence-electron chi connectivity index (χ4n) is 3.02. The molecule has 2 aromatic carbocycles. The lowest BCUT2D eigenvalue weighted by atomic mass is 9.92. The normalized spacial score (nSPS) is 13.5. The van der Waals surface area contributed by atoms with Crippen molar-refractivity contribution >= 4 is 0 Å². The van der Waals surface area contributed by atoms with Crippen molar-refractivity contribution in [1.29, 1.82) is 0 Å². The molecule has 0 N–H and O–H groups in total. The van der Waals surface area contributed by atoms with E-state index in [4.69, 9.17) is 6.42 Å². The van der Waals surface area contributed by atoms with Crippen LogP contribution in [0.5, 0.6) is 0 Å². The van der Waals surface area contributed by atoms with E-state index in [0.29, 0.717) is 0 Å². The van der Waals surface area contributed by atoms with Crippen molar-refractivity contribution in [2.24, 2.45) is 0 Å². The topological polar surface area (TPSA) is 0 Å². The van der Waals surface area contributed by atoms with E-state index in [2.05, 4.69) is 55.3 Å². The van der Waals surface area contributed by atoms with Gasteiger partial charge < -0.3 is 0 Å². The smallest absolute Gasteiger partial charge is 0.0449 e. The van der Waals surface area contributed by atoms with Gasteiger partial charge in [-0.2, -0.15) is 0 Å². The summed E-state index contributed by atoms with van der Waals surface area (Å²) in [6, 6.07) is 15.4. The Labute approximate surface area is 115 Å². The zero-order valence-corrected chi connectivity index (χ0v) is 11.3. The van der Waals surface area contributed by atoms with Crippen molar-refractivity contribution in [3.05, 3.63) is 59.2 Å². The third-order valence-corrected chi connectivity index (χ3v) is 4.00. The van der Waals surface area contributed by atoms with Crippen LogP contribution in [0, 0.1) is 12.3 Å². The van der Waals surface area contributed by atoms with Crippen LogP contribution in [-0.2, 0) is 6.42 Å². The predicted molar refractivity (Wildman–Crippen MR) is 81.2 cm³/mol. The van der Waals surface area contributed by atoms with Gasteiger partial charge in [0.25, 0.3) is 0 Å². The summed E-state index contributed by atoms with van der Waals surface area (Å²) in [6.07, 6.45) is 8.92. The molecule has 1 atom stereocenters. The second-order valence-corrected chi connectivity index (χ2v) is 5.26. The number of hydrogen-bond donors (Lipinski definition) is 0. The van der Waals surface area contributed by atoms with Crippen molar-refractivity contribution in [1.82, 2.24) is 0 Å². The first-order chi connectivity index (χ1) is 9.33. The van der Waals surface area contributed by atoms with E-state index < -0.39 is 0 Å². The summed E-state index contributed by atoms with van der Waals surface area (Å²) in [5.74, 6) is 3.19. The molecule has 0 saturated carbocycles. The third kappa shape index (κ3) is 2.06. The molecule has 1 unspecified atom stereocenters. The van der Waals surface area contributed by atoms with Gasteiger partial charge >= 0.3 is 0 Å². The molecule has 19 heavy (non-hydrogen) atoms. The largest absolute Gasteiger partial charge is 0.119 e. The van der Waals surface area contributed by atoms with Crippen molar-refractivity contribution < 1.29 is 0 Å². The Morgan fingerprint density at radius 1 is 1.11 bits per heavy atom. The molecule has 0 bridgehead atoms. The summed E-state index contributed by atoms with van der Waals surface area (Å²) < 4.78 is 0. The molecule has 0 heterocycles. The summed E-state index contributed by atoms with van der Waals surface area (Å²) >= 11 is 0. The molecule has 0 aromatic heterocycles. The van der Waals surface area contributed by atoms with Crippen molar-refractivity contribution in [2.45, 2.75) is 32.1 Å². The zero-order valence-electron chi connectivity index (χ0n) is 11.3. The van der Waals surface area contributed by atoms with E-state index in [9.17, 15) is 0 Å². The summed E-state index contributed by atoms with van der Waals surface area (Å²) in [7, 11) is 0. The second-order valence-electron chi connectivity index (χ2n) is 5.26. The molecular formula is C19H18. The first-order valence-electron chi connectivity index (χ1n) is 7.00. The Balaban J connectivity index is 2.00. The van der Waals surface area contributed by atoms with Gasteiger partial charge in [0.2, 0.25) is 0 Å². The van der Waals surface area contributed by atoms with E-state index in [-0.39, 0.29) is 5.92 Å². The fraction of sp³-hybridized carbons (Fsp3) is 0.263. The lowest BCUT2D eigenvalue weighted by molar-refractivity contribution is 0.734. The Hall–Kier alpha value is -2.00. The quantitative estimate of drug-likeness (QED) is 0.584. The van der Waals surface area contributed by atoms with Gasteiger partial charge in [-0.3, -0.25) is 0 Å². The summed E-state index contributed by atoms with van der Waals surface area (Å²) in [6.45, 7) is 2.19. The Bertz CT molecular complexity index is 643. The third-order valence-electron chi connectivity index (χ3n) is 4.00. The van der Waals surface area contributed by atoms with Gasteiger partial charge in [-0.1, -0.05) is 61.7 Å². The van der Waals surface area contributed by atoms with Crippen LogP contribution in [0.4, 0.5) is 0 Å².